The van der Waals surface area contributed by atoms with Crippen LogP contribution in [0.15, 0.2) is 62.5 Å². The third-order valence-corrected chi connectivity index (χ3v) is 6.10. The summed E-state index contributed by atoms with van der Waals surface area (Å²) in [6.07, 6.45) is 3.04. The van der Waals surface area contributed by atoms with Crippen molar-refractivity contribution in [3.63, 3.8) is 0 Å². The quantitative estimate of drug-likeness (QED) is 0.384. The van der Waals surface area contributed by atoms with Crippen LogP contribution in [-0.4, -0.2) is 37.2 Å². The summed E-state index contributed by atoms with van der Waals surface area (Å²) in [4.78, 5) is 37.2. The minimum absolute atomic E-state index is 0.0639. The first-order chi connectivity index (χ1) is 16.5. The molecule has 1 unspecified atom stereocenters. The van der Waals surface area contributed by atoms with E-state index in [4.69, 9.17) is 18.6 Å². The van der Waals surface area contributed by atoms with Gasteiger partial charge >= 0.3 is 0 Å². The number of hydrogen-bond donors (Lipinski definition) is 0. The highest BCUT2D eigenvalue weighted by Crippen LogP contribution is 2.45. The molecule has 0 bridgehead atoms. The molecule has 1 aliphatic heterocycles. The maximum absolute atomic E-state index is 13.7. The van der Waals surface area contributed by atoms with Crippen LogP contribution < -0.4 is 24.5 Å². The second-order valence-electron chi connectivity index (χ2n) is 7.40. The third-order valence-electron chi connectivity index (χ3n) is 5.60. The highest BCUT2D eigenvalue weighted by atomic mass is 79.9. The van der Waals surface area contributed by atoms with E-state index in [-0.39, 0.29) is 22.7 Å². The van der Waals surface area contributed by atoms with Gasteiger partial charge in [-0.2, -0.15) is 0 Å². The van der Waals surface area contributed by atoms with Gasteiger partial charge in [-0.05, 0) is 42.0 Å². The number of carbonyl (C=O) groups excluding carboxylic acids is 1. The van der Waals surface area contributed by atoms with Gasteiger partial charge < -0.3 is 18.6 Å². The Morgan fingerprint density at radius 1 is 0.971 bits per heavy atom. The molecule has 1 aliphatic rings. The Hall–Kier alpha value is -3.92. The number of methoxy groups -OCH3 is 3. The van der Waals surface area contributed by atoms with Crippen LogP contribution in [0.1, 0.15) is 27.7 Å². The normalized spacial score (nSPS) is 14.9. The predicted octanol–water partition coefficient (Wildman–Crippen LogP) is 4.12. The van der Waals surface area contributed by atoms with Crippen molar-refractivity contribution in [1.29, 1.82) is 0 Å². The van der Waals surface area contributed by atoms with Crippen LogP contribution >= 0.6 is 15.9 Å². The number of rotatable bonds is 5. The topological polar surface area (TPSA) is 104 Å². The van der Waals surface area contributed by atoms with Crippen molar-refractivity contribution >= 4 is 38.8 Å². The van der Waals surface area contributed by atoms with Gasteiger partial charge in [-0.25, -0.2) is 9.97 Å². The van der Waals surface area contributed by atoms with Crippen LogP contribution in [0.5, 0.6) is 17.2 Å². The smallest absolute Gasteiger partial charge is 0.297 e. The minimum Gasteiger partial charge on any atom is -0.493 e. The summed E-state index contributed by atoms with van der Waals surface area (Å²) >= 11 is 3.40. The van der Waals surface area contributed by atoms with E-state index < -0.39 is 11.9 Å². The Kier molecular flexibility index (Phi) is 5.45. The van der Waals surface area contributed by atoms with Gasteiger partial charge in [0.2, 0.25) is 17.5 Å². The van der Waals surface area contributed by atoms with Crippen molar-refractivity contribution in [2.75, 3.05) is 26.2 Å². The first-order valence-electron chi connectivity index (χ1n) is 10.1. The molecular weight excluding hydrogens is 506 g/mol. The molecule has 9 nitrogen and oxygen atoms in total. The van der Waals surface area contributed by atoms with Crippen LogP contribution in [0.3, 0.4) is 0 Å². The largest absolute Gasteiger partial charge is 0.493 e. The molecule has 0 radical (unpaired) electrons. The van der Waals surface area contributed by atoms with E-state index in [9.17, 15) is 9.59 Å². The fraction of sp³-hybridized carbons (Fsp3) is 0.167. The van der Waals surface area contributed by atoms with E-state index in [1.165, 1.54) is 38.6 Å². The number of halogens is 1. The zero-order valence-electron chi connectivity index (χ0n) is 18.4. The summed E-state index contributed by atoms with van der Waals surface area (Å²) in [7, 11) is 4.48. The standard InChI is InChI=1S/C24H18BrN3O6/c1-31-16-9-12(10-17(32-2)21(16)33-3)19-18-20(29)14-11-13(25)5-6-15(14)34-22(18)23(30)28(19)24-26-7-4-8-27-24/h4-11,19H,1-3H3. The van der Waals surface area contributed by atoms with E-state index in [2.05, 4.69) is 25.9 Å². The number of aromatic nitrogens is 2. The van der Waals surface area contributed by atoms with Crippen molar-refractivity contribution in [3.8, 4) is 17.2 Å². The lowest BCUT2D eigenvalue weighted by atomic mass is 9.97. The van der Waals surface area contributed by atoms with Crippen molar-refractivity contribution in [2.45, 2.75) is 6.04 Å². The zero-order chi connectivity index (χ0) is 24.0. The molecule has 10 heteroatoms. The Bertz CT molecular complexity index is 1460. The third kappa shape index (κ3) is 3.29. The van der Waals surface area contributed by atoms with Crippen LogP contribution in [0.2, 0.25) is 0 Å². The second-order valence-corrected chi connectivity index (χ2v) is 8.32. The van der Waals surface area contributed by atoms with Gasteiger partial charge in [0.05, 0.1) is 38.3 Å². The molecule has 172 valence electrons. The number of fused-ring (bicyclic) bond motifs is 2. The number of benzene rings is 2. The number of amides is 1. The molecule has 0 saturated carbocycles. The summed E-state index contributed by atoms with van der Waals surface area (Å²) in [5, 5.41) is 0.342. The molecule has 4 aromatic rings. The van der Waals surface area contributed by atoms with Crippen LogP contribution in [0.4, 0.5) is 5.95 Å². The minimum atomic E-state index is -0.891. The molecule has 3 heterocycles. The van der Waals surface area contributed by atoms with Crippen LogP contribution in [0, 0.1) is 0 Å². The highest BCUT2D eigenvalue weighted by molar-refractivity contribution is 9.10. The number of carbonyl (C=O) groups is 1. The second kappa shape index (κ2) is 8.45. The van der Waals surface area contributed by atoms with Crippen LogP contribution in [-0.2, 0) is 0 Å². The van der Waals surface area contributed by atoms with Gasteiger partial charge in [0.1, 0.15) is 5.58 Å². The Morgan fingerprint density at radius 2 is 1.65 bits per heavy atom. The molecule has 0 N–H and O–H groups in total. The first-order valence-corrected chi connectivity index (χ1v) is 10.9. The van der Waals surface area contributed by atoms with Gasteiger partial charge in [-0.1, -0.05) is 15.9 Å². The molecule has 1 atom stereocenters. The van der Waals surface area contributed by atoms with Crippen LogP contribution in [0.25, 0.3) is 11.0 Å². The van der Waals surface area contributed by atoms with Gasteiger partial charge in [0.25, 0.3) is 5.91 Å². The Balaban J connectivity index is 1.84. The maximum atomic E-state index is 13.7. The van der Waals surface area contributed by atoms with Crippen molar-refractivity contribution in [3.05, 3.63) is 80.4 Å². The summed E-state index contributed by atoms with van der Waals surface area (Å²) in [5.41, 5.74) is 0.691. The number of hydrogen-bond acceptors (Lipinski definition) is 8. The highest BCUT2D eigenvalue weighted by Gasteiger charge is 2.45. The van der Waals surface area contributed by atoms with E-state index >= 15 is 0 Å². The lowest BCUT2D eigenvalue weighted by Crippen LogP contribution is -2.31. The maximum Gasteiger partial charge on any atom is 0.297 e. The molecule has 2 aromatic carbocycles. The monoisotopic (exact) mass is 523 g/mol. The molecule has 0 spiro atoms. The summed E-state index contributed by atoms with van der Waals surface area (Å²) in [6, 6.07) is 9.18. The van der Waals surface area contributed by atoms with Crippen molar-refractivity contribution in [1.82, 2.24) is 9.97 Å². The molecule has 2 aromatic heterocycles. The van der Waals surface area contributed by atoms with Gasteiger partial charge in [-0.15, -0.1) is 0 Å². The predicted molar refractivity (Wildman–Crippen MR) is 127 cm³/mol. The summed E-state index contributed by atoms with van der Waals surface area (Å²) in [6.45, 7) is 0. The summed E-state index contributed by atoms with van der Waals surface area (Å²) in [5.74, 6) is 0.671. The number of nitrogens with zero attached hydrogens (tertiary/aromatic N) is 3. The Labute approximate surface area is 202 Å². The lowest BCUT2D eigenvalue weighted by molar-refractivity contribution is 0.0969. The van der Waals surface area contributed by atoms with Crippen molar-refractivity contribution in [2.24, 2.45) is 0 Å². The number of anilines is 1. The fourth-order valence-corrected chi connectivity index (χ4v) is 4.50. The average Bonchev–Trinajstić information content (AvgIpc) is 3.16. The van der Waals surface area contributed by atoms with E-state index in [1.807, 2.05) is 0 Å². The SMILES string of the molecule is COc1cc(C2c3c(oc4ccc(Br)cc4c3=O)C(=O)N2c2ncccn2)cc(OC)c1OC. The molecule has 0 saturated heterocycles. The van der Waals surface area contributed by atoms with E-state index in [0.29, 0.717) is 38.3 Å². The molecule has 1 amide bonds. The van der Waals surface area contributed by atoms with E-state index in [1.54, 1.807) is 36.4 Å². The van der Waals surface area contributed by atoms with Gasteiger partial charge in [-0.3, -0.25) is 14.5 Å². The van der Waals surface area contributed by atoms with Gasteiger partial charge in [0, 0.05) is 16.9 Å². The van der Waals surface area contributed by atoms with E-state index in [0.717, 1.165) is 0 Å². The van der Waals surface area contributed by atoms with Gasteiger partial charge in [0.15, 0.2) is 16.9 Å². The molecule has 34 heavy (non-hydrogen) atoms. The average molecular weight is 524 g/mol. The molecular formula is C24H18BrN3O6. The number of ether oxygens (including phenoxy) is 3. The zero-order valence-corrected chi connectivity index (χ0v) is 20.0. The van der Waals surface area contributed by atoms with Crippen molar-refractivity contribution < 1.29 is 23.4 Å². The first kappa shape index (κ1) is 21.9. The lowest BCUT2D eigenvalue weighted by Gasteiger charge is -2.24. The Morgan fingerprint density at radius 3 is 2.26 bits per heavy atom. The fourth-order valence-electron chi connectivity index (χ4n) is 4.14. The molecule has 0 aliphatic carbocycles. The summed E-state index contributed by atoms with van der Waals surface area (Å²) < 4.78 is 23.1. The molecule has 5 rings (SSSR count). The molecule has 0 fully saturated rings.